The van der Waals surface area contributed by atoms with Gasteiger partial charge in [0.15, 0.2) is 0 Å². The van der Waals surface area contributed by atoms with Gasteiger partial charge in [0.25, 0.3) is 0 Å². The molecule has 1 aromatic rings. The Morgan fingerprint density at radius 1 is 1.38 bits per heavy atom. The Bertz CT molecular complexity index is 414. The van der Waals surface area contributed by atoms with Crippen LogP contribution < -0.4 is 0 Å². The number of benzene rings is 1. The zero-order valence-electron chi connectivity index (χ0n) is 8.11. The first-order valence-electron chi connectivity index (χ1n) is 4.24. The fourth-order valence-electron chi connectivity index (χ4n) is 1.22. The van der Waals surface area contributed by atoms with Gasteiger partial charge in [0.05, 0.1) is 10.4 Å². The molecule has 1 nitrogen and oxygen atoms in total. The molecule has 16 heavy (non-hydrogen) atoms. The number of halogens is 5. The highest BCUT2D eigenvalue weighted by molar-refractivity contribution is 9.09. The Hall–Kier alpha value is -0.910. The van der Waals surface area contributed by atoms with Crippen molar-refractivity contribution < 1.29 is 22.4 Å². The van der Waals surface area contributed by atoms with Crippen molar-refractivity contribution >= 4 is 21.7 Å². The van der Waals surface area contributed by atoms with Gasteiger partial charge < -0.3 is 0 Å². The van der Waals surface area contributed by atoms with Crippen LogP contribution in [0.5, 0.6) is 0 Å². The normalized spacial score (nSPS) is 13.6. The summed E-state index contributed by atoms with van der Waals surface area (Å²) >= 11 is 2.81. The van der Waals surface area contributed by atoms with Crippen LogP contribution in [0.15, 0.2) is 18.2 Å². The molecule has 0 fully saturated rings. The number of alkyl halides is 4. The number of hydrogen-bond acceptors (Lipinski definition) is 1. The molecule has 0 aliphatic rings. The van der Waals surface area contributed by atoms with Gasteiger partial charge >= 0.3 is 6.18 Å². The molecule has 0 saturated heterocycles. The lowest BCUT2D eigenvalue weighted by molar-refractivity contribution is -0.138. The SMILES string of the molecule is CC(=O)C(Br)c1cc(F)ccc1C(F)(F)F. The molecule has 0 saturated carbocycles. The number of hydrogen-bond donors (Lipinski definition) is 0. The topological polar surface area (TPSA) is 17.1 Å². The molecular formula is C10H7BrF4O. The molecule has 1 aromatic carbocycles. The molecule has 1 rings (SSSR count). The fraction of sp³-hybridized carbons (Fsp3) is 0.300. The average molecular weight is 299 g/mol. The van der Waals surface area contributed by atoms with E-state index in [1.165, 1.54) is 0 Å². The number of carbonyl (C=O) groups is 1. The highest BCUT2D eigenvalue weighted by Gasteiger charge is 2.35. The molecule has 0 aliphatic carbocycles. The molecule has 0 bridgehead atoms. The Morgan fingerprint density at radius 2 is 1.94 bits per heavy atom. The van der Waals surface area contributed by atoms with E-state index in [1.54, 1.807) is 0 Å². The van der Waals surface area contributed by atoms with Crippen LogP contribution >= 0.6 is 15.9 Å². The van der Waals surface area contributed by atoms with Gasteiger partial charge in [-0.05, 0) is 30.7 Å². The van der Waals surface area contributed by atoms with Gasteiger partial charge in [0, 0.05) is 0 Å². The van der Waals surface area contributed by atoms with Crippen molar-refractivity contribution in [2.45, 2.75) is 17.9 Å². The summed E-state index contributed by atoms with van der Waals surface area (Å²) in [6, 6.07) is 2.05. The maximum atomic E-state index is 12.9. The van der Waals surface area contributed by atoms with Crippen LogP contribution in [0.2, 0.25) is 0 Å². The van der Waals surface area contributed by atoms with Crippen molar-refractivity contribution in [1.29, 1.82) is 0 Å². The minimum Gasteiger partial charge on any atom is -0.298 e. The van der Waals surface area contributed by atoms with Gasteiger partial charge in [0.1, 0.15) is 11.6 Å². The highest BCUT2D eigenvalue weighted by Crippen LogP contribution is 2.37. The standard InChI is InChI=1S/C10H7BrF4O/c1-5(16)9(11)7-4-6(12)2-3-8(7)10(13,14)15/h2-4,9H,1H3. The molecule has 88 valence electrons. The van der Waals surface area contributed by atoms with E-state index in [9.17, 15) is 22.4 Å². The zero-order chi connectivity index (χ0) is 12.5. The summed E-state index contributed by atoms with van der Waals surface area (Å²) in [6.07, 6.45) is -4.61. The van der Waals surface area contributed by atoms with Gasteiger partial charge in [-0.15, -0.1) is 0 Å². The molecule has 6 heteroatoms. The minimum atomic E-state index is -4.61. The van der Waals surface area contributed by atoms with Crippen LogP contribution in [-0.4, -0.2) is 5.78 Å². The van der Waals surface area contributed by atoms with Gasteiger partial charge in [0.2, 0.25) is 0 Å². The summed E-state index contributed by atoms with van der Waals surface area (Å²) in [6.45, 7) is 1.13. The van der Waals surface area contributed by atoms with Crippen molar-refractivity contribution in [3.8, 4) is 0 Å². The first kappa shape index (κ1) is 13.2. The van der Waals surface area contributed by atoms with E-state index >= 15 is 0 Å². The smallest absolute Gasteiger partial charge is 0.298 e. The Balaban J connectivity index is 3.35. The largest absolute Gasteiger partial charge is 0.416 e. The van der Waals surface area contributed by atoms with Crippen LogP contribution in [0.1, 0.15) is 22.9 Å². The second-order valence-corrected chi connectivity index (χ2v) is 4.12. The van der Waals surface area contributed by atoms with E-state index in [-0.39, 0.29) is 0 Å². The van der Waals surface area contributed by atoms with E-state index in [1.807, 2.05) is 0 Å². The third-order valence-electron chi connectivity index (χ3n) is 1.95. The molecule has 0 amide bonds. The van der Waals surface area contributed by atoms with E-state index in [4.69, 9.17) is 0 Å². The molecule has 1 atom stereocenters. The molecule has 0 radical (unpaired) electrons. The van der Waals surface area contributed by atoms with E-state index in [0.717, 1.165) is 6.92 Å². The van der Waals surface area contributed by atoms with Crippen LogP contribution in [0.3, 0.4) is 0 Å². The summed E-state index contributed by atoms with van der Waals surface area (Å²) in [5.41, 5.74) is -1.41. The number of ketones is 1. The molecule has 0 aliphatic heterocycles. The highest BCUT2D eigenvalue weighted by atomic mass is 79.9. The Kier molecular flexibility index (Phi) is 3.72. The number of carbonyl (C=O) groups excluding carboxylic acids is 1. The fourth-order valence-corrected chi connectivity index (χ4v) is 1.60. The van der Waals surface area contributed by atoms with Gasteiger partial charge in [-0.2, -0.15) is 13.2 Å². The Labute approximate surface area is 97.6 Å². The third kappa shape index (κ3) is 2.81. The molecule has 0 heterocycles. The lowest BCUT2D eigenvalue weighted by Gasteiger charge is -2.15. The van der Waals surface area contributed by atoms with Crippen LogP contribution in [-0.2, 0) is 11.0 Å². The summed E-state index contributed by atoms with van der Waals surface area (Å²) in [5, 5.41) is 0. The monoisotopic (exact) mass is 298 g/mol. The van der Waals surface area contributed by atoms with Gasteiger partial charge in [-0.25, -0.2) is 4.39 Å². The van der Waals surface area contributed by atoms with Crippen molar-refractivity contribution in [3.63, 3.8) is 0 Å². The third-order valence-corrected chi connectivity index (χ3v) is 3.09. The van der Waals surface area contributed by atoms with E-state index in [2.05, 4.69) is 15.9 Å². The Morgan fingerprint density at radius 3 is 2.38 bits per heavy atom. The molecule has 1 unspecified atom stereocenters. The van der Waals surface area contributed by atoms with Crippen LogP contribution in [0, 0.1) is 5.82 Å². The zero-order valence-corrected chi connectivity index (χ0v) is 9.69. The molecule has 0 spiro atoms. The lowest BCUT2D eigenvalue weighted by Crippen LogP contribution is -2.13. The summed E-state index contributed by atoms with van der Waals surface area (Å²) < 4.78 is 50.5. The predicted molar refractivity (Wildman–Crippen MR) is 53.8 cm³/mol. The molecule has 0 N–H and O–H groups in total. The van der Waals surface area contributed by atoms with Crippen LogP contribution in [0.4, 0.5) is 17.6 Å². The quantitative estimate of drug-likeness (QED) is 0.598. The summed E-state index contributed by atoms with van der Waals surface area (Å²) in [7, 11) is 0. The predicted octanol–water partition coefficient (Wildman–Crippen LogP) is 3.87. The van der Waals surface area contributed by atoms with Gasteiger partial charge in [-0.3, -0.25) is 4.79 Å². The molecular weight excluding hydrogens is 292 g/mol. The maximum Gasteiger partial charge on any atom is 0.416 e. The lowest BCUT2D eigenvalue weighted by atomic mass is 10.0. The second-order valence-electron chi connectivity index (χ2n) is 3.20. The van der Waals surface area contributed by atoms with Gasteiger partial charge in [-0.1, -0.05) is 15.9 Å². The summed E-state index contributed by atoms with van der Waals surface area (Å²) in [4.78, 5) is 9.85. The minimum absolute atomic E-state index is 0.403. The maximum absolute atomic E-state index is 12.9. The first-order valence-corrected chi connectivity index (χ1v) is 5.16. The number of Topliss-reactive ketones (excluding diaryl/α,β-unsaturated/α-hetero) is 1. The molecule has 0 aromatic heterocycles. The van der Waals surface area contributed by atoms with Crippen molar-refractivity contribution in [1.82, 2.24) is 0 Å². The van der Waals surface area contributed by atoms with Crippen molar-refractivity contribution in [3.05, 3.63) is 35.1 Å². The van der Waals surface area contributed by atoms with E-state index in [0.29, 0.717) is 18.2 Å². The average Bonchev–Trinajstić information content (AvgIpc) is 2.14. The second kappa shape index (κ2) is 4.53. The van der Waals surface area contributed by atoms with Crippen molar-refractivity contribution in [2.24, 2.45) is 0 Å². The van der Waals surface area contributed by atoms with Crippen LogP contribution in [0.25, 0.3) is 0 Å². The van der Waals surface area contributed by atoms with Crippen molar-refractivity contribution in [2.75, 3.05) is 0 Å². The van der Waals surface area contributed by atoms with E-state index < -0.39 is 33.7 Å². The first-order chi connectivity index (χ1) is 7.23. The number of rotatable bonds is 2. The summed E-state index contributed by atoms with van der Waals surface area (Å²) in [5.74, 6) is -1.33.